The number of hydrogen-bond donors (Lipinski definition) is 1. The number of allylic oxidation sites excluding steroid dienone is 2. The molecule has 0 spiro atoms. The first-order valence-electron chi connectivity index (χ1n) is 5.34. The van der Waals surface area contributed by atoms with Gasteiger partial charge in [0.15, 0.2) is 0 Å². The molecule has 86 valence electrons. The fourth-order valence-electron chi connectivity index (χ4n) is 1.22. The minimum atomic E-state index is -0.362. The van der Waals surface area contributed by atoms with Gasteiger partial charge in [0.2, 0.25) is 0 Å². The molecule has 0 heterocycles. The van der Waals surface area contributed by atoms with Gasteiger partial charge in [-0.3, -0.25) is 0 Å². The van der Waals surface area contributed by atoms with Crippen molar-refractivity contribution in [1.82, 2.24) is 0 Å². The predicted octanol–water partition coefficient (Wildman–Crippen LogP) is 4.13. The zero-order chi connectivity index (χ0) is 12.4. The molecule has 1 aromatic rings. The van der Waals surface area contributed by atoms with E-state index in [1.807, 2.05) is 31.2 Å². The zero-order valence-corrected chi connectivity index (χ0v) is 9.89. The SMILES string of the molecule is C=CC=C.C=Cc1ccccc1C(O)CC. The van der Waals surface area contributed by atoms with Crippen LogP contribution in [-0.4, -0.2) is 5.11 Å². The molecule has 1 N–H and O–H groups in total. The lowest BCUT2D eigenvalue weighted by Crippen LogP contribution is -1.97. The largest absolute Gasteiger partial charge is 0.388 e. The van der Waals surface area contributed by atoms with E-state index in [0.29, 0.717) is 0 Å². The smallest absolute Gasteiger partial charge is 0.0793 e. The number of hydrogen-bond acceptors (Lipinski definition) is 1. The molecule has 0 amide bonds. The summed E-state index contributed by atoms with van der Waals surface area (Å²) in [6.07, 6.45) is 5.43. The molecule has 0 aliphatic rings. The minimum Gasteiger partial charge on any atom is -0.388 e. The lowest BCUT2D eigenvalue weighted by molar-refractivity contribution is 0.173. The first-order valence-corrected chi connectivity index (χ1v) is 5.34. The molecular weight excluding hydrogens is 196 g/mol. The Morgan fingerprint density at radius 1 is 1.19 bits per heavy atom. The predicted molar refractivity (Wildman–Crippen MR) is 72.2 cm³/mol. The Morgan fingerprint density at radius 2 is 1.75 bits per heavy atom. The van der Waals surface area contributed by atoms with Crippen LogP contribution in [-0.2, 0) is 0 Å². The fraction of sp³-hybridized carbons (Fsp3) is 0.200. The molecule has 0 saturated carbocycles. The summed E-state index contributed by atoms with van der Waals surface area (Å²) >= 11 is 0. The monoisotopic (exact) mass is 216 g/mol. The normalized spacial score (nSPS) is 10.6. The number of aliphatic hydroxyl groups is 1. The van der Waals surface area contributed by atoms with E-state index in [1.165, 1.54) is 0 Å². The highest BCUT2D eigenvalue weighted by molar-refractivity contribution is 5.52. The third kappa shape index (κ3) is 4.76. The molecule has 1 atom stereocenters. The molecule has 1 heteroatoms. The Balaban J connectivity index is 0.000000487. The molecule has 16 heavy (non-hydrogen) atoms. The Labute approximate surface area is 98.4 Å². The second-order valence-corrected chi connectivity index (χ2v) is 3.23. The number of aliphatic hydroxyl groups excluding tert-OH is 1. The van der Waals surface area contributed by atoms with Gasteiger partial charge in [0.05, 0.1) is 6.10 Å². The van der Waals surface area contributed by atoms with E-state index in [2.05, 4.69) is 19.7 Å². The van der Waals surface area contributed by atoms with Crippen molar-refractivity contribution in [3.05, 3.63) is 67.3 Å². The summed E-state index contributed by atoms with van der Waals surface area (Å²) in [6, 6.07) is 7.77. The third-order valence-electron chi connectivity index (χ3n) is 2.13. The van der Waals surface area contributed by atoms with Gasteiger partial charge >= 0.3 is 0 Å². The van der Waals surface area contributed by atoms with Crippen LogP contribution >= 0.6 is 0 Å². The molecule has 0 saturated heterocycles. The molecule has 0 aromatic heterocycles. The van der Waals surface area contributed by atoms with E-state index in [0.717, 1.165) is 17.5 Å². The lowest BCUT2D eigenvalue weighted by atomic mass is 10.0. The van der Waals surface area contributed by atoms with Gasteiger partial charge in [0.1, 0.15) is 0 Å². The summed E-state index contributed by atoms with van der Waals surface area (Å²) in [4.78, 5) is 0. The molecule has 0 aliphatic heterocycles. The highest BCUT2D eigenvalue weighted by Crippen LogP contribution is 2.20. The molecule has 1 unspecified atom stereocenters. The Kier molecular flexibility index (Phi) is 7.82. The van der Waals surface area contributed by atoms with Gasteiger partial charge in [0, 0.05) is 0 Å². The molecule has 0 aliphatic carbocycles. The van der Waals surface area contributed by atoms with Crippen LogP contribution in [0.1, 0.15) is 30.6 Å². The maximum Gasteiger partial charge on any atom is 0.0793 e. The standard InChI is InChI=1S/C11H14O.C4H6/c1-3-9-7-5-6-8-10(9)11(12)4-2;1-3-4-2/h3,5-8,11-12H,1,4H2,2H3;3-4H,1-2H2. The van der Waals surface area contributed by atoms with Gasteiger partial charge < -0.3 is 5.11 Å². The van der Waals surface area contributed by atoms with E-state index in [1.54, 1.807) is 18.2 Å². The Bertz CT molecular complexity index is 333. The summed E-state index contributed by atoms with van der Waals surface area (Å²) in [5, 5.41) is 9.59. The fourth-order valence-corrected chi connectivity index (χ4v) is 1.22. The number of benzene rings is 1. The Hall–Kier alpha value is -1.60. The van der Waals surface area contributed by atoms with Crippen LogP contribution in [0.5, 0.6) is 0 Å². The van der Waals surface area contributed by atoms with Gasteiger partial charge in [0.25, 0.3) is 0 Å². The van der Waals surface area contributed by atoms with E-state index >= 15 is 0 Å². The molecule has 1 rings (SSSR count). The van der Waals surface area contributed by atoms with Gasteiger partial charge in [-0.2, -0.15) is 0 Å². The van der Waals surface area contributed by atoms with Crippen LogP contribution in [0.15, 0.2) is 56.2 Å². The summed E-state index contributed by atoms with van der Waals surface area (Å²) in [5.41, 5.74) is 1.99. The minimum absolute atomic E-state index is 0.362. The van der Waals surface area contributed by atoms with Gasteiger partial charge in [-0.1, -0.05) is 69.2 Å². The summed E-state index contributed by atoms with van der Waals surface area (Å²) in [7, 11) is 0. The second kappa shape index (κ2) is 8.69. The van der Waals surface area contributed by atoms with Crippen molar-refractivity contribution >= 4 is 6.08 Å². The van der Waals surface area contributed by atoms with E-state index in [9.17, 15) is 5.11 Å². The van der Waals surface area contributed by atoms with Crippen LogP contribution < -0.4 is 0 Å². The Morgan fingerprint density at radius 3 is 2.19 bits per heavy atom. The summed E-state index contributed by atoms with van der Waals surface area (Å²) < 4.78 is 0. The van der Waals surface area contributed by atoms with Crippen LogP contribution in [0.25, 0.3) is 6.08 Å². The summed E-state index contributed by atoms with van der Waals surface area (Å²) in [6.45, 7) is 12.4. The van der Waals surface area contributed by atoms with Gasteiger partial charge in [-0.15, -0.1) is 0 Å². The van der Waals surface area contributed by atoms with Crippen molar-refractivity contribution in [3.8, 4) is 0 Å². The van der Waals surface area contributed by atoms with Crippen molar-refractivity contribution in [2.24, 2.45) is 0 Å². The quantitative estimate of drug-likeness (QED) is 0.750. The molecular formula is C15H20O. The maximum absolute atomic E-state index is 9.59. The van der Waals surface area contributed by atoms with E-state index < -0.39 is 0 Å². The molecule has 0 radical (unpaired) electrons. The van der Waals surface area contributed by atoms with E-state index in [-0.39, 0.29) is 6.10 Å². The molecule has 1 aromatic carbocycles. The van der Waals surface area contributed by atoms with Crippen molar-refractivity contribution in [3.63, 3.8) is 0 Å². The average molecular weight is 216 g/mol. The third-order valence-corrected chi connectivity index (χ3v) is 2.13. The van der Waals surface area contributed by atoms with Crippen LogP contribution in [0, 0.1) is 0 Å². The number of rotatable bonds is 4. The van der Waals surface area contributed by atoms with Gasteiger partial charge in [-0.05, 0) is 17.5 Å². The van der Waals surface area contributed by atoms with E-state index in [4.69, 9.17) is 0 Å². The molecule has 1 nitrogen and oxygen atoms in total. The topological polar surface area (TPSA) is 20.2 Å². The highest BCUT2D eigenvalue weighted by Gasteiger charge is 2.06. The maximum atomic E-state index is 9.59. The van der Waals surface area contributed by atoms with Crippen molar-refractivity contribution in [2.45, 2.75) is 19.4 Å². The van der Waals surface area contributed by atoms with Crippen LogP contribution in [0.2, 0.25) is 0 Å². The van der Waals surface area contributed by atoms with Crippen molar-refractivity contribution < 1.29 is 5.11 Å². The second-order valence-electron chi connectivity index (χ2n) is 3.23. The first-order chi connectivity index (χ1) is 7.71. The van der Waals surface area contributed by atoms with Crippen molar-refractivity contribution in [2.75, 3.05) is 0 Å². The summed E-state index contributed by atoms with van der Waals surface area (Å²) in [5.74, 6) is 0. The van der Waals surface area contributed by atoms with Crippen LogP contribution in [0.4, 0.5) is 0 Å². The molecule has 0 bridgehead atoms. The first kappa shape index (κ1) is 14.4. The lowest BCUT2D eigenvalue weighted by Gasteiger charge is -2.10. The highest BCUT2D eigenvalue weighted by atomic mass is 16.3. The van der Waals surface area contributed by atoms with Crippen LogP contribution in [0.3, 0.4) is 0 Å². The average Bonchev–Trinajstić information content (AvgIpc) is 2.38. The van der Waals surface area contributed by atoms with Gasteiger partial charge in [-0.25, -0.2) is 0 Å². The van der Waals surface area contributed by atoms with Crippen molar-refractivity contribution in [1.29, 1.82) is 0 Å². The zero-order valence-electron chi connectivity index (χ0n) is 9.89. The molecule has 0 fully saturated rings.